The molecule has 2 amide bonds. The molecule has 0 aliphatic heterocycles. The molecule has 10 heteroatoms. The molecular weight excluding hydrogens is 404 g/mol. The van der Waals surface area contributed by atoms with Gasteiger partial charge in [-0.2, -0.15) is 0 Å². The standard InChI is InChI=1S/C20H14N6O3S/c21-19(28)18(27)13(8-12-10-30-15-4-3-7-24-17(12)15)25-20(29)14-9-22-11-26(14)16-5-1-2-6-23-16/h3-7,9-11,13H,8H2,(H2,21,28)(H,25,29). The Morgan fingerprint density at radius 2 is 2.13 bits per heavy atom. The molecule has 0 aliphatic carbocycles. The number of hydrogen-bond donors (Lipinski definition) is 2. The summed E-state index contributed by atoms with van der Waals surface area (Å²) in [6.07, 6.45) is 5.87. The highest BCUT2D eigenvalue weighted by Crippen LogP contribution is 2.25. The number of Topliss-reactive ketones (excluding diaryl/α,β-unsaturated/α-hetero) is 1. The van der Waals surface area contributed by atoms with Gasteiger partial charge in [-0.25, -0.2) is 9.97 Å². The van der Waals surface area contributed by atoms with Gasteiger partial charge in [0.1, 0.15) is 23.9 Å². The number of carbonyl (C=O) groups is 3. The maximum Gasteiger partial charge on any atom is 0.287 e. The highest BCUT2D eigenvalue weighted by Gasteiger charge is 2.28. The fraction of sp³-hybridized carbons (Fsp3) is 0.100. The first-order valence-corrected chi connectivity index (χ1v) is 9.64. The van der Waals surface area contributed by atoms with Gasteiger partial charge >= 0.3 is 0 Å². The van der Waals surface area contributed by atoms with Gasteiger partial charge in [0.25, 0.3) is 11.8 Å². The quantitative estimate of drug-likeness (QED) is 0.428. The van der Waals surface area contributed by atoms with Crippen molar-refractivity contribution >= 4 is 39.2 Å². The second-order valence-electron chi connectivity index (χ2n) is 6.27. The Morgan fingerprint density at radius 3 is 2.90 bits per heavy atom. The van der Waals surface area contributed by atoms with Crippen LogP contribution in [0.4, 0.5) is 0 Å². The van der Waals surface area contributed by atoms with Crippen molar-refractivity contribution in [3.05, 3.63) is 71.9 Å². The van der Waals surface area contributed by atoms with E-state index in [-0.39, 0.29) is 12.1 Å². The third-order valence-electron chi connectivity index (χ3n) is 4.36. The number of nitrogens with zero attached hydrogens (tertiary/aromatic N) is 4. The van der Waals surface area contributed by atoms with E-state index in [9.17, 15) is 14.4 Å². The van der Waals surface area contributed by atoms with Gasteiger partial charge in [-0.3, -0.25) is 23.9 Å². The molecule has 0 fully saturated rings. The number of ketones is 1. The Morgan fingerprint density at radius 1 is 1.27 bits per heavy atom. The summed E-state index contributed by atoms with van der Waals surface area (Å²) in [4.78, 5) is 49.3. The van der Waals surface area contributed by atoms with Gasteiger partial charge in [0.2, 0.25) is 5.78 Å². The summed E-state index contributed by atoms with van der Waals surface area (Å²) in [6.45, 7) is 0. The number of fused-ring (bicyclic) bond motifs is 1. The number of hydrogen-bond acceptors (Lipinski definition) is 7. The topological polar surface area (TPSA) is 133 Å². The van der Waals surface area contributed by atoms with Crippen LogP contribution < -0.4 is 11.1 Å². The Balaban J connectivity index is 1.62. The molecule has 0 saturated heterocycles. The molecule has 1 unspecified atom stereocenters. The zero-order chi connectivity index (χ0) is 21.1. The minimum Gasteiger partial charge on any atom is -0.363 e. The van der Waals surface area contributed by atoms with Crippen LogP contribution in [0.5, 0.6) is 0 Å². The lowest BCUT2D eigenvalue weighted by molar-refractivity contribution is -0.137. The predicted octanol–water partition coefficient (Wildman–Crippen LogP) is 0.873. The first-order chi connectivity index (χ1) is 14.5. The maximum absolute atomic E-state index is 12.9. The first kappa shape index (κ1) is 19.2. The summed E-state index contributed by atoms with van der Waals surface area (Å²) >= 11 is 1.46. The molecular formula is C20H14N6O3S. The molecule has 9 nitrogen and oxygen atoms in total. The third-order valence-corrected chi connectivity index (χ3v) is 5.34. The van der Waals surface area contributed by atoms with Crippen molar-refractivity contribution < 1.29 is 14.4 Å². The van der Waals surface area contributed by atoms with Crippen LogP contribution in [0.25, 0.3) is 16.0 Å². The molecule has 3 N–H and O–H groups in total. The summed E-state index contributed by atoms with van der Waals surface area (Å²) in [5, 5.41) is 4.44. The molecule has 0 aliphatic rings. The van der Waals surface area contributed by atoms with E-state index in [0.29, 0.717) is 11.3 Å². The van der Waals surface area contributed by atoms with Gasteiger partial charge in [0.05, 0.1) is 22.6 Å². The van der Waals surface area contributed by atoms with E-state index in [0.717, 1.165) is 10.3 Å². The van der Waals surface area contributed by atoms with Crippen LogP contribution in [0.3, 0.4) is 0 Å². The van der Waals surface area contributed by atoms with E-state index < -0.39 is 23.6 Å². The number of rotatable bonds is 7. The molecule has 0 radical (unpaired) electrons. The smallest absolute Gasteiger partial charge is 0.287 e. The number of thiophene rings is 1. The lowest BCUT2D eigenvalue weighted by Crippen LogP contribution is -2.47. The second kappa shape index (κ2) is 8.10. The molecule has 148 valence electrons. The van der Waals surface area contributed by atoms with Gasteiger partial charge in [-0.15, -0.1) is 11.3 Å². The fourth-order valence-electron chi connectivity index (χ4n) is 2.95. The molecule has 0 aromatic carbocycles. The number of imidazole rings is 1. The highest BCUT2D eigenvalue weighted by molar-refractivity contribution is 7.17. The van der Waals surface area contributed by atoms with Crippen molar-refractivity contribution in [3.8, 4) is 5.82 Å². The van der Waals surface area contributed by atoms with Gasteiger partial charge in [0.15, 0.2) is 0 Å². The normalized spacial score (nSPS) is 11.6. The number of carbonyl (C=O) groups excluding carboxylic acids is 3. The third kappa shape index (κ3) is 3.74. The van der Waals surface area contributed by atoms with E-state index >= 15 is 0 Å². The van der Waals surface area contributed by atoms with Crippen LogP contribution in [0.2, 0.25) is 0 Å². The highest BCUT2D eigenvalue weighted by atomic mass is 32.1. The van der Waals surface area contributed by atoms with Crippen LogP contribution in [-0.2, 0) is 16.0 Å². The van der Waals surface area contributed by atoms with Crippen molar-refractivity contribution in [3.63, 3.8) is 0 Å². The first-order valence-electron chi connectivity index (χ1n) is 8.76. The van der Waals surface area contributed by atoms with Crippen LogP contribution in [0.15, 0.2) is 48.5 Å². The van der Waals surface area contributed by atoms with Gasteiger partial charge in [-0.1, -0.05) is 6.07 Å². The minimum absolute atomic E-state index is 0.0744. The van der Waals surface area contributed by atoms with Crippen molar-refractivity contribution in [2.45, 2.75) is 12.5 Å². The minimum atomic E-state index is -1.15. The maximum atomic E-state index is 12.9. The van der Waals surface area contributed by atoms with E-state index in [4.69, 9.17) is 5.73 Å². The zero-order valence-electron chi connectivity index (χ0n) is 15.4. The average Bonchev–Trinajstić information content (AvgIpc) is 3.41. The summed E-state index contributed by atoms with van der Waals surface area (Å²) in [6, 6.07) is 9.51. The summed E-state index contributed by atoms with van der Waals surface area (Å²) in [5.74, 6) is -2.22. The van der Waals surface area contributed by atoms with E-state index in [1.165, 1.54) is 40.7 Å². The average molecular weight is 418 g/mol. The molecule has 4 rings (SSSR count). The number of amides is 2. The molecule has 1 atom stereocenters. The fourth-order valence-corrected chi connectivity index (χ4v) is 3.88. The Kier molecular flexibility index (Phi) is 5.19. The molecule has 4 aromatic rings. The van der Waals surface area contributed by atoms with Crippen molar-refractivity contribution in [2.24, 2.45) is 5.73 Å². The number of pyridine rings is 1. The Hall–Kier alpha value is -4.10. The van der Waals surface area contributed by atoms with Gasteiger partial charge in [0, 0.05) is 18.7 Å². The van der Waals surface area contributed by atoms with Crippen LogP contribution in [-0.4, -0.2) is 43.2 Å². The van der Waals surface area contributed by atoms with Crippen LogP contribution in [0, 0.1) is 12.1 Å². The van der Waals surface area contributed by atoms with E-state index in [1.54, 1.807) is 6.20 Å². The number of nitrogens with two attached hydrogens (primary N) is 1. The zero-order valence-corrected chi connectivity index (χ0v) is 16.2. The molecule has 0 spiro atoms. The largest absolute Gasteiger partial charge is 0.363 e. The molecule has 4 heterocycles. The van der Waals surface area contributed by atoms with Crippen molar-refractivity contribution in [2.75, 3.05) is 0 Å². The van der Waals surface area contributed by atoms with Gasteiger partial charge in [-0.05, 0) is 29.1 Å². The van der Waals surface area contributed by atoms with Crippen LogP contribution >= 0.6 is 11.3 Å². The molecule has 4 aromatic heterocycles. The SMILES string of the molecule is NC(=O)C(=O)C(Cc1csc2cccnc12)NC(=O)c1cncn1-c1cc#ccn1. The van der Waals surface area contributed by atoms with E-state index in [1.807, 2.05) is 17.5 Å². The number of primary amides is 1. The molecule has 0 bridgehead atoms. The molecule has 0 saturated carbocycles. The van der Waals surface area contributed by atoms with E-state index in [2.05, 4.69) is 32.4 Å². The summed E-state index contributed by atoms with van der Waals surface area (Å²) < 4.78 is 2.37. The van der Waals surface area contributed by atoms with Crippen molar-refractivity contribution in [1.82, 2.24) is 24.8 Å². The Labute approximate surface area is 174 Å². The second-order valence-corrected chi connectivity index (χ2v) is 7.18. The lowest BCUT2D eigenvalue weighted by Gasteiger charge is -2.16. The van der Waals surface area contributed by atoms with Gasteiger partial charge < -0.3 is 11.1 Å². The number of nitrogens with one attached hydrogen (secondary N) is 1. The summed E-state index contributed by atoms with van der Waals surface area (Å²) in [5.41, 5.74) is 6.79. The Bertz CT molecular complexity index is 1230. The monoisotopic (exact) mass is 418 g/mol. The predicted molar refractivity (Wildman–Crippen MR) is 108 cm³/mol. The van der Waals surface area contributed by atoms with Crippen LogP contribution in [0.1, 0.15) is 16.1 Å². The number of aromatic nitrogens is 4. The van der Waals surface area contributed by atoms with Crippen molar-refractivity contribution in [1.29, 1.82) is 0 Å². The lowest BCUT2D eigenvalue weighted by atomic mass is 10.0. The summed E-state index contributed by atoms with van der Waals surface area (Å²) in [7, 11) is 0. The molecule has 30 heavy (non-hydrogen) atoms.